The number of aliphatic hydroxyl groups is 1. The summed E-state index contributed by atoms with van der Waals surface area (Å²) in [5.74, 6) is 0.971. The second-order valence-corrected chi connectivity index (χ2v) is 4.13. The fraction of sp³-hybridized carbons (Fsp3) is 0.385. The Morgan fingerprint density at radius 2 is 2.12 bits per heavy atom. The van der Waals surface area contributed by atoms with E-state index in [-0.39, 0.29) is 12.5 Å². The molecule has 3 nitrogen and oxygen atoms in total. The van der Waals surface area contributed by atoms with Crippen LogP contribution in [0.1, 0.15) is 18.4 Å². The number of nitrogens with zero attached hydrogens (tertiary/aromatic N) is 1. The second kappa shape index (κ2) is 4.18. The molecule has 0 saturated carbocycles. The number of aryl methyl sites for hydroxylation is 1. The molecule has 1 atom stereocenters. The van der Waals surface area contributed by atoms with Crippen molar-refractivity contribution in [2.75, 3.05) is 13.7 Å². The van der Waals surface area contributed by atoms with E-state index in [9.17, 15) is 5.11 Å². The molecule has 1 unspecified atom stereocenters. The molecule has 1 N–H and O–H groups in total. The molecule has 0 fully saturated rings. The van der Waals surface area contributed by atoms with Crippen molar-refractivity contribution in [3.63, 3.8) is 0 Å². The van der Waals surface area contributed by atoms with Crippen molar-refractivity contribution in [1.82, 2.24) is 4.57 Å². The number of hydrogen-bond donors (Lipinski definition) is 1. The van der Waals surface area contributed by atoms with Gasteiger partial charge in [0.1, 0.15) is 5.75 Å². The zero-order chi connectivity index (χ0) is 11.7. The lowest BCUT2D eigenvalue weighted by molar-refractivity contribution is 0.270. The van der Waals surface area contributed by atoms with Gasteiger partial charge in [-0.05, 0) is 17.7 Å². The average molecular weight is 219 g/mol. The molecule has 2 aromatic rings. The van der Waals surface area contributed by atoms with Gasteiger partial charge in [0.05, 0.1) is 12.6 Å². The molecular weight excluding hydrogens is 202 g/mol. The number of benzene rings is 1. The molecule has 86 valence electrons. The van der Waals surface area contributed by atoms with Gasteiger partial charge in [0.2, 0.25) is 0 Å². The van der Waals surface area contributed by atoms with Gasteiger partial charge in [0.15, 0.2) is 0 Å². The number of aromatic nitrogens is 1. The first-order valence-electron chi connectivity index (χ1n) is 5.41. The number of methoxy groups -OCH3 is 1. The van der Waals surface area contributed by atoms with Gasteiger partial charge < -0.3 is 14.4 Å². The average Bonchev–Trinajstić information content (AvgIpc) is 2.69. The summed E-state index contributed by atoms with van der Waals surface area (Å²) in [4.78, 5) is 0. The fourth-order valence-corrected chi connectivity index (χ4v) is 2.06. The molecule has 0 spiro atoms. The predicted octanol–water partition coefficient (Wildman–Crippen LogP) is 2.28. The third-order valence-electron chi connectivity index (χ3n) is 3.06. The first-order valence-corrected chi connectivity index (χ1v) is 5.41. The predicted molar refractivity (Wildman–Crippen MR) is 65.0 cm³/mol. The molecule has 0 saturated heterocycles. The minimum atomic E-state index is 0.0968. The van der Waals surface area contributed by atoms with Crippen molar-refractivity contribution in [2.45, 2.75) is 12.8 Å². The molecule has 0 aliphatic rings. The van der Waals surface area contributed by atoms with Crippen molar-refractivity contribution in [1.29, 1.82) is 0 Å². The molecule has 1 heterocycles. The normalized spacial score (nSPS) is 13.0. The summed E-state index contributed by atoms with van der Waals surface area (Å²) in [5, 5.41) is 10.3. The highest BCUT2D eigenvalue weighted by Crippen LogP contribution is 2.34. The van der Waals surface area contributed by atoms with Gasteiger partial charge in [0, 0.05) is 31.2 Å². The highest BCUT2D eigenvalue weighted by molar-refractivity contribution is 5.88. The van der Waals surface area contributed by atoms with Gasteiger partial charge >= 0.3 is 0 Å². The lowest BCUT2D eigenvalue weighted by atomic mass is 9.99. The standard InChI is InChI=1S/C13H17NO2/c1-9(8-15)10-4-5-12-11(13(10)16-3)6-7-14(12)2/h4-7,9,15H,8H2,1-3H3. The lowest BCUT2D eigenvalue weighted by Gasteiger charge is -2.14. The molecule has 0 bridgehead atoms. The monoisotopic (exact) mass is 219 g/mol. The summed E-state index contributed by atoms with van der Waals surface area (Å²) in [6, 6.07) is 6.14. The number of fused-ring (bicyclic) bond motifs is 1. The zero-order valence-electron chi connectivity index (χ0n) is 9.90. The van der Waals surface area contributed by atoms with Crippen LogP contribution in [-0.4, -0.2) is 23.4 Å². The van der Waals surface area contributed by atoms with E-state index in [1.54, 1.807) is 7.11 Å². The summed E-state index contributed by atoms with van der Waals surface area (Å²) >= 11 is 0. The zero-order valence-corrected chi connectivity index (χ0v) is 9.90. The van der Waals surface area contributed by atoms with Crippen molar-refractivity contribution < 1.29 is 9.84 Å². The molecule has 1 aromatic carbocycles. The molecule has 0 aliphatic carbocycles. The van der Waals surface area contributed by atoms with Crippen LogP contribution in [0.4, 0.5) is 0 Å². The van der Waals surface area contributed by atoms with Crippen LogP contribution in [-0.2, 0) is 7.05 Å². The number of hydrogen-bond acceptors (Lipinski definition) is 2. The minimum absolute atomic E-state index is 0.0968. The molecule has 3 heteroatoms. The maximum absolute atomic E-state index is 9.22. The Hall–Kier alpha value is -1.48. The lowest BCUT2D eigenvalue weighted by Crippen LogP contribution is -2.02. The van der Waals surface area contributed by atoms with E-state index in [1.165, 1.54) is 0 Å². The molecular formula is C13H17NO2. The third kappa shape index (κ3) is 1.57. The molecule has 0 aliphatic heterocycles. The number of ether oxygens (including phenoxy) is 1. The summed E-state index contributed by atoms with van der Waals surface area (Å²) in [6.45, 7) is 2.13. The van der Waals surface area contributed by atoms with Crippen LogP contribution >= 0.6 is 0 Å². The summed E-state index contributed by atoms with van der Waals surface area (Å²) in [7, 11) is 3.69. The van der Waals surface area contributed by atoms with Crippen molar-refractivity contribution in [2.24, 2.45) is 7.05 Å². The van der Waals surface area contributed by atoms with Crippen LogP contribution in [0.15, 0.2) is 24.4 Å². The second-order valence-electron chi connectivity index (χ2n) is 4.13. The Morgan fingerprint density at radius 1 is 1.38 bits per heavy atom. The third-order valence-corrected chi connectivity index (χ3v) is 3.06. The smallest absolute Gasteiger partial charge is 0.131 e. The van der Waals surface area contributed by atoms with Crippen molar-refractivity contribution in [3.8, 4) is 5.75 Å². The van der Waals surface area contributed by atoms with Crippen LogP contribution < -0.4 is 4.74 Å². The van der Waals surface area contributed by atoms with E-state index >= 15 is 0 Å². The number of rotatable bonds is 3. The Bertz CT molecular complexity index is 502. The van der Waals surface area contributed by atoms with Crippen LogP contribution in [0.5, 0.6) is 5.75 Å². The maximum Gasteiger partial charge on any atom is 0.131 e. The highest BCUT2D eigenvalue weighted by Gasteiger charge is 2.14. The van der Waals surface area contributed by atoms with Crippen molar-refractivity contribution >= 4 is 10.9 Å². The van der Waals surface area contributed by atoms with Gasteiger partial charge in [-0.2, -0.15) is 0 Å². The molecule has 16 heavy (non-hydrogen) atoms. The van der Waals surface area contributed by atoms with E-state index in [0.29, 0.717) is 0 Å². The van der Waals surface area contributed by atoms with E-state index in [2.05, 4.69) is 10.6 Å². The quantitative estimate of drug-likeness (QED) is 0.859. The molecule has 0 amide bonds. The molecule has 0 radical (unpaired) electrons. The van der Waals surface area contributed by atoms with E-state index in [4.69, 9.17) is 4.74 Å². The SMILES string of the molecule is COc1c(C(C)CO)ccc2c1ccn2C. The van der Waals surface area contributed by atoms with Gasteiger partial charge in [-0.15, -0.1) is 0 Å². The first-order chi connectivity index (χ1) is 7.69. The van der Waals surface area contributed by atoms with E-state index in [0.717, 1.165) is 22.2 Å². The molecule has 1 aromatic heterocycles. The summed E-state index contributed by atoms with van der Waals surface area (Å²) < 4.78 is 7.53. The van der Waals surface area contributed by atoms with Gasteiger partial charge in [-0.1, -0.05) is 13.0 Å². The first kappa shape index (κ1) is 11.0. The molecule has 2 rings (SSSR count). The largest absolute Gasteiger partial charge is 0.496 e. The topological polar surface area (TPSA) is 34.4 Å². The van der Waals surface area contributed by atoms with Gasteiger partial charge in [-0.3, -0.25) is 0 Å². The minimum Gasteiger partial charge on any atom is -0.496 e. The Morgan fingerprint density at radius 3 is 2.75 bits per heavy atom. The number of aliphatic hydroxyl groups excluding tert-OH is 1. The summed E-state index contributed by atoms with van der Waals surface area (Å²) in [5.41, 5.74) is 2.20. The Balaban J connectivity index is 2.68. The van der Waals surface area contributed by atoms with E-state index in [1.807, 2.05) is 32.3 Å². The van der Waals surface area contributed by atoms with Crippen LogP contribution in [0, 0.1) is 0 Å². The van der Waals surface area contributed by atoms with E-state index < -0.39 is 0 Å². The van der Waals surface area contributed by atoms with Crippen molar-refractivity contribution in [3.05, 3.63) is 30.0 Å². The van der Waals surface area contributed by atoms with Crippen LogP contribution in [0.25, 0.3) is 10.9 Å². The van der Waals surface area contributed by atoms with Crippen LogP contribution in [0.2, 0.25) is 0 Å². The Kier molecular flexibility index (Phi) is 2.88. The highest BCUT2D eigenvalue weighted by atomic mass is 16.5. The Labute approximate surface area is 95.3 Å². The summed E-state index contributed by atoms with van der Waals surface area (Å²) in [6.07, 6.45) is 2.01. The van der Waals surface area contributed by atoms with Gasteiger partial charge in [-0.25, -0.2) is 0 Å². The van der Waals surface area contributed by atoms with Crippen LogP contribution in [0.3, 0.4) is 0 Å². The van der Waals surface area contributed by atoms with Gasteiger partial charge in [0.25, 0.3) is 0 Å². The maximum atomic E-state index is 9.22. The fourth-order valence-electron chi connectivity index (χ4n) is 2.06.